The van der Waals surface area contributed by atoms with Crippen LogP contribution in [-0.4, -0.2) is 44.4 Å². The van der Waals surface area contributed by atoms with Gasteiger partial charge in [0.2, 0.25) is 5.62 Å². The molecule has 30 heavy (non-hydrogen) atoms. The molecule has 3 N–H and O–H groups in total. The van der Waals surface area contributed by atoms with Gasteiger partial charge in [0.15, 0.2) is 5.82 Å². The van der Waals surface area contributed by atoms with Crippen LogP contribution in [0.1, 0.15) is 33.6 Å². The standard InChI is InChI=1S/C20H26Cl2N6O2/c1-20(2,3)30-19(29)27-9-7-12(8-10-27)11-28-18(24)25-17(23)16(26-28)13-5-4-6-14(21)15(13)22/h4-6,12H,7-11H2,1-3H3,(H3,23,24,25). The number of nitrogens with one attached hydrogen (secondary N) is 1. The van der Waals surface area contributed by atoms with E-state index in [0.717, 1.165) is 12.8 Å². The number of halogens is 2. The Morgan fingerprint density at radius 3 is 2.60 bits per heavy atom. The number of rotatable bonds is 3. The minimum atomic E-state index is -0.512. The Morgan fingerprint density at radius 2 is 1.97 bits per heavy atom. The van der Waals surface area contributed by atoms with Crippen LogP contribution in [0.3, 0.4) is 0 Å². The number of amides is 1. The van der Waals surface area contributed by atoms with Gasteiger partial charge in [0, 0.05) is 25.2 Å². The minimum Gasteiger partial charge on any atom is -0.444 e. The second kappa shape index (κ2) is 8.81. The first-order chi connectivity index (χ1) is 14.0. The van der Waals surface area contributed by atoms with Crippen LogP contribution >= 0.6 is 23.2 Å². The SMILES string of the molecule is CC(C)(C)OC(=O)N1CCC(Cn2nc(-c3cccc(Cl)c3Cl)c(N)nc2=N)CC1. The lowest BCUT2D eigenvalue weighted by Gasteiger charge is -2.33. The molecule has 3 rings (SSSR count). The number of carbonyl (C=O) groups is 1. The Kier molecular flexibility index (Phi) is 6.57. The summed E-state index contributed by atoms with van der Waals surface area (Å²) in [5.74, 6) is 0.374. The molecular weight excluding hydrogens is 427 g/mol. The van der Waals surface area contributed by atoms with Crippen LogP contribution in [0, 0.1) is 11.3 Å². The Morgan fingerprint density at radius 1 is 1.30 bits per heavy atom. The molecular formula is C20H26Cl2N6O2. The summed E-state index contributed by atoms with van der Waals surface area (Å²) in [5, 5.41) is 13.4. The summed E-state index contributed by atoms with van der Waals surface area (Å²) in [4.78, 5) is 18.1. The van der Waals surface area contributed by atoms with E-state index >= 15 is 0 Å². The number of benzene rings is 1. The average molecular weight is 453 g/mol. The molecule has 0 unspecified atom stereocenters. The molecule has 1 aliphatic heterocycles. The molecule has 162 valence electrons. The van der Waals surface area contributed by atoms with E-state index in [-0.39, 0.29) is 23.4 Å². The molecule has 0 bridgehead atoms. The van der Waals surface area contributed by atoms with Gasteiger partial charge in [0.05, 0.1) is 10.0 Å². The summed E-state index contributed by atoms with van der Waals surface area (Å²) in [7, 11) is 0. The van der Waals surface area contributed by atoms with E-state index in [1.807, 2.05) is 20.8 Å². The number of ether oxygens (including phenoxy) is 1. The molecule has 0 saturated carbocycles. The number of nitrogens with two attached hydrogens (primary N) is 1. The quantitative estimate of drug-likeness (QED) is 0.731. The van der Waals surface area contributed by atoms with Crippen molar-refractivity contribution in [1.29, 1.82) is 5.41 Å². The zero-order chi connectivity index (χ0) is 22.1. The normalized spacial score (nSPS) is 15.3. The fraction of sp³-hybridized carbons (Fsp3) is 0.500. The highest BCUT2D eigenvalue weighted by Crippen LogP contribution is 2.34. The summed E-state index contributed by atoms with van der Waals surface area (Å²) in [6.45, 7) is 7.26. The van der Waals surface area contributed by atoms with Gasteiger partial charge in [-0.1, -0.05) is 35.3 Å². The first-order valence-corrected chi connectivity index (χ1v) is 10.5. The molecule has 1 aromatic carbocycles. The monoisotopic (exact) mass is 452 g/mol. The van der Waals surface area contributed by atoms with Crippen LogP contribution in [0.25, 0.3) is 11.3 Å². The van der Waals surface area contributed by atoms with Crippen LogP contribution in [-0.2, 0) is 11.3 Å². The molecule has 1 fully saturated rings. The van der Waals surface area contributed by atoms with E-state index in [4.69, 9.17) is 39.1 Å². The van der Waals surface area contributed by atoms with Gasteiger partial charge in [-0.3, -0.25) is 5.41 Å². The van der Waals surface area contributed by atoms with E-state index in [1.54, 1.807) is 23.1 Å². The van der Waals surface area contributed by atoms with Gasteiger partial charge in [-0.15, -0.1) is 0 Å². The van der Waals surface area contributed by atoms with Crippen LogP contribution in [0.2, 0.25) is 10.0 Å². The molecule has 0 atom stereocenters. The molecule has 2 aromatic rings. The summed E-state index contributed by atoms with van der Waals surface area (Å²) < 4.78 is 6.97. The third-order valence-electron chi connectivity index (χ3n) is 4.84. The summed E-state index contributed by atoms with van der Waals surface area (Å²) in [6.07, 6.45) is 1.27. The molecule has 0 aliphatic carbocycles. The van der Waals surface area contributed by atoms with Gasteiger partial charge in [-0.2, -0.15) is 10.1 Å². The number of carbonyl (C=O) groups excluding carboxylic acids is 1. The van der Waals surface area contributed by atoms with Gasteiger partial charge in [-0.25, -0.2) is 9.48 Å². The Hall–Kier alpha value is -2.32. The first-order valence-electron chi connectivity index (χ1n) is 9.76. The maximum Gasteiger partial charge on any atom is 0.410 e. The maximum atomic E-state index is 12.2. The molecule has 1 aromatic heterocycles. The van der Waals surface area contributed by atoms with Crippen molar-refractivity contribution in [2.45, 2.75) is 45.8 Å². The highest BCUT2D eigenvalue weighted by atomic mass is 35.5. The van der Waals surface area contributed by atoms with Gasteiger partial charge in [0.1, 0.15) is 11.3 Å². The number of piperidine rings is 1. The average Bonchev–Trinajstić information content (AvgIpc) is 2.66. The van der Waals surface area contributed by atoms with Crippen molar-refractivity contribution in [2.24, 2.45) is 5.92 Å². The van der Waals surface area contributed by atoms with Gasteiger partial charge in [-0.05, 0) is 45.6 Å². The molecule has 1 saturated heterocycles. The Bertz CT molecular complexity index is 994. The smallest absolute Gasteiger partial charge is 0.410 e. The molecule has 10 heteroatoms. The van der Waals surface area contributed by atoms with Crippen molar-refractivity contribution >= 4 is 35.1 Å². The number of hydrogen-bond acceptors (Lipinski definition) is 6. The van der Waals surface area contributed by atoms with E-state index in [0.29, 0.717) is 40.9 Å². The second-order valence-electron chi connectivity index (χ2n) is 8.36. The first kappa shape index (κ1) is 22.4. The van der Waals surface area contributed by atoms with Crippen molar-refractivity contribution in [3.05, 3.63) is 33.9 Å². The van der Waals surface area contributed by atoms with E-state index < -0.39 is 5.60 Å². The molecule has 8 nitrogen and oxygen atoms in total. The Labute approximate surface area is 185 Å². The van der Waals surface area contributed by atoms with Crippen LogP contribution in [0.15, 0.2) is 18.2 Å². The largest absolute Gasteiger partial charge is 0.444 e. The van der Waals surface area contributed by atoms with Crippen LogP contribution < -0.4 is 11.4 Å². The van der Waals surface area contributed by atoms with E-state index in [9.17, 15) is 4.79 Å². The topological polar surface area (TPSA) is 110 Å². The van der Waals surface area contributed by atoms with Crippen LogP contribution in [0.4, 0.5) is 10.6 Å². The molecule has 2 heterocycles. The number of aromatic nitrogens is 3. The van der Waals surface area contributed by atoms with Crippen molar-refractivity contribution in [1.82, 2.24) is 19.7 Å². The van der Waals surface area contributed by atoms with Crippen molar-refractivity contribution in [2.75, 3.05) is 18.8 Å². The van der Waals surface area contributed by atoms with Gasteiger partial charge >= 0.3 is 6.09 Å². The third-order valence-corrected chi connectivity index (χ3v) is 5.66. The van der Waals surface area contributed by atoms with E-state index in [1.165, 1.54) is 4.68 Å². The maximum absolute atomic E-state index is 12.2. The number of nitrogen functional groups attached to an aromatic ring is 1. The number of anilines is 1. The van der Waals surface area contributed by atoms with Crippen LogP contribution in [0.5, 0.6) is 0 Å². The highest BCUT2D eigenvalue weighted by molar-refractivity contribution is 6.43. The minimum absolute atomic E-state index is 0.0241. The predicted molar refractivity (Wildman–Crippen MR) is 116 cm³/mol. The molecule has 0 radical (unpaired) electrons. The third kappa shape index (κ3) is 5.23. The zero-order valence-electron chi connectivity index (χ0n) is 17.3. The Balaban J connectivity index is 1.73. The molecule has 0 spiro atoms. The predicted octanol–water partition coefficient (Wildman–Crippen LogP) is 3.96. The molecule has 1 amide bonds. The zero-order valence-corrected chi connectivity index (χ0v) is 18.8. The summed E-state index contributed by atoms with van der Waals surface area (Å²) in [5.41, 5.74) is 6.44. The fourth-order valence-corrected chi connectivity index (χ4v) is 3.71. The molecule has 1 aliphatic rings. The van der Waals surface area contributed by atoms with Crippen molar-refractivity contribution in [3.63, 3.8) is 0 Å². The lowest BCUT2D eigenvalue weighted by molar-refractivity contribution is 0.0176. The number of likely N-dealkylation sites (tertiary alicyclic amines) is 1. The summed E-state index contributed by atoms with van der Waals surface area (Å²) in [6, 6.07) is 5.21. The summed E-state index contributed by atoms with van der Waals surface area (Å²) >= 11 is 12.4. The second-order valence-corrected chi connectivity index (χ2v) is 9.15. The lowest BCUT2D eigenvalue weighted by Crippen LogP contribution is -2.43. The highest BCUT2D eigenvalue weighted by Gasteiger charge is 2.27. The number of nitrogens with zero attached hydrogens (tertiary/aromatic N) is 4. The van der Waals surface area contributed by atoms with E-state index in [2.05, 4.69) is 10.1 Å². The van der Waals surface area contributed by atoms with Crippen molar-refractivity contribution < 1.29 is 9.53 Å². The lowest BCUT2D eigenvalue weighted by atomic mass is 9.97. The number of hydrogen-bond donors (Lipinski definition) is 2. The van der Waals surface area contributed by atoms with Gasteiger partial charge < -0.3 is 15.4 Å². The van der Waals surface area contributed by atoms with Crippen molar-refractivity contribution in [3.8, 4) is 11.3 Å². The fourth-order valence-electron chi connectivity index (χ4n) is 3.32. The van der Waals surface area contributed by atoms with Gasteiger partial charge in [0.25, 0.3) is 0 Å².